The van der Waals surface area contributed by atoms with Crippen LogP contribution in [0.3, 0.4) is 0 Å². The average Bonchev–Trinajstić information content (AvgIpc) is 2.15. The van der Waals surface area contributed by atoms with Gasteiger partial charge in [0.05, 0.1) is 11.7 Å². The van der Waals surface area contributed by atoms with Crippen molar-refractivity contribution in [3.05, 3.63) is 0 Å². The van der Waals surface area contributed by atoms with Crippen LogP contribution in [0.5, 0.6) is 0 Å². The van der Waals surface area contributed by atoms with Crippen LogP contribution < -0.4 is 5.32 Å². The normalized spacial score (nSPS) is 21.2. The molecule has 0 aromatic rings. The van der Waals surface area contributed by atoms with Gasteiger partial charge in [-0.25, -0.2) is 0 Å². The van der Waals surface area contributed by atoms with Crippen molar-refractivity contribution in [2.75, 3.05) is 6.54 Å². The minimum atomic E-state index is 0.122. The van der Waals surface area contributed by atoms with E-state index in [4.69, 9.17) is 4.74 Å². The molecule has 0 spiro atoms. The van der Waals surface area contributed by atoms with Crippen LogP contribution in [0.25, 0.3) is 0 Å². The summed E-state index contributed by atoms with van der Waals surface area (Å²) in [7, 11) is 0. The fourth-order valence-electron chi connectivity index (χ4n) is 2.42. The summed E-state index contributed by atoms with van der Waals surface area (Å²) in [4.78, 5) is 0. The number of ether oxygens (including phenoxy) is 1. The van der Waals surface area contributed by atoms with Gasteiger partial charge in [0.15, 0.2) is 0 Å². The molecular weight excluding hydrogens is 186 g/mol. The number of hydrogen-bond donors (Lipinski definition) is 1. The number of nitrogens with one attached hydrogen (secondary N) is 1. The van der Waals surface area contributed by atoms with E-state index in [1.54, 1.807) is 0 Å². The smallest absolute Gasteiger partial charge is 0.0809 e. The molecule has 1 N–H and O–H groups in total. The predicted octanol–water partition coefficient (Wildman–Crippen LogP) is 3.11. The summed E-state index contributed by atoms with van der Waals surface area (Å²) in [6.07, 6.45) is 6.83. The predicted molar refractivity (Wildman–Crippen MR) is 65.2 cm³/mol. The Bertz CT molecular complexity index is 171. The van der Waals surface area contributed by atoms with Gasteiger partial charge in [0, 0.05) is 12.6 Å². The van der Waals surface area contributed by atoms with Gasteiger partial charge in [-0.15, -0.1) is 0 Å². The molecule has 0 aromatic carbocycles. The maximum Gasteiger partial charge on any atom is 0.0809 e. The van der Waals surface area contributed by atoms with Crippen molar-refractivity contribution in [2.24, 2.45) is 0 Å². The summed E-state index contributed by atoms with van der Waals surface area (Å²) in [5, 5.41) is 3.54. The van der Waals surface area contributed by atoms with Crippen LogP contribution in [0.15, 0.2) is 0 Å². The minimum Gasteiger partial charge on any atom is -0.371 e. The van der Waals surface area contributed by atoms with Gasteiger partial charge in [-0.1, -0.05) is 33.1 Å². The molecule has 0 saturated heterocycles. The molecule has 0 bridgehead atoms. The quantitative estimate of drug-likeness (QED) is 0.757. The van der Waals surface area contributed by atoms with E-state index in [1.807, 2.05) is 0 Å². The van der Waals surface area contributed by atoms with Gasteiger partial charge in [-0.3, -0.25) is 0 Å². The first kappa shape index (κ1) is 13.0. The second kappa shape index (κ2) is 5.86. The van der Waals surface area contributed by atoms with Gasteiger partial charge < -0.3 is 10.1 Å². The summed E-state index contributed by atoms with van der Waals surface area (Å²) in [6, 6.07) is 0.555. The lowest BCUT2D eigenvalue weighted by molar-refractivity contribution is -0.0998. The van der Waals surface area contributed by atoms with Crippen molar-refractivity contribution >= 4 is 0 Å². The Hall–Kier alpha value is -0.0800. The van der Waals surface area contributed by atoms with Crippen molar-refractivity contribution in [3.63, 3.8) is 0 Å². The van der Waals surface area contributed by atoms with Crippen molar-refractivity contribution in [1.29, 1.82) is 0 Å². The molecule has 2 nitrogen and oxygen atoms in total. The Balaban J connectivity index is 2.50. The number of hydrogen-bond acceptors (Lipinski definition) is 2. The van der Waals surface area contributed by atoms with Crippen LogP contribution in [-0.2, 0) is 4.74 Å². The summed E-state index contributed by atoms with van der Waals surface area (Å²) >= 11 is 0. The molecule has 2 heteroatoms. The third kappa shape index (κ3) is 4.52. The van der Waals surface area contributed by atoms with E-state index >= 15 is 0 Å². The highest BCUT2D eigenvalue weighted by Gasteiger charge is 2.33. The first-order chi connectivity index (χ1) is 7.04. The SMILES string of the molecule is CC(C)NCC1(OC(C)C)CCCCC1. The van der Waals surface area contributed by atoms with Crippen molar-refractivity contribution in [3.8, 4) is 0 Å². The van der Waals surface area contributed by atoms with Crippen molar-refractivity contribution in [2.45, 2.75) is 77.5 Å². The third-order valence-electron chi connectivity index (χ3n) is 3.08. The lowest BCUT2D eigenvalue weighted by Gasteiger charge is -2.39. The molecule has 1 aliphatic carbocycles. The fraction of sp³-hybridized carbons (Fsp3) is 1.00. The van der Waals surface area contributed by atoms with Crippen LogP contribution in [0.1, 0.15) is 59.8 Å². The Kier molecular flexibility index (Phi) is 5.07. The molecule has 1 rings (SSSR count). The Morgan fingerprint density at radius 2 is 1.67 bits per heavy atom. The molecule has 0 atom stereocenters. The summed E-state index contributed by atoms with van der Waals surface area (Å²) in [5.41, 5.74) is 0.122. The molecule has 0 amide bonds. The van der Waals surface area contributed by atoms with Crippen molar-refractivity contribution < 1.29 is 4.74 Å². The van der Waals surface area contributed by atoms with E-state index in [0.717, 1.165) is 6.54 Å². The van der Waals surface area contributed by atoms with E-state index in [0.29, 0.717) is 12.1 Å². The molecule has 1 saturated carbocycles. The number of rotatable bonds is 5. The molecule has 0 unspecified atom stereocenters. The molecule has 90 valence electrons. The second-order valence-electron chi connectivity index (χ2n) is 5.45. The summed E-state index contributed by atoms with van der Waals surface area (Å²) in [5.74, 6) is 0. The largest absolute Gasteiger partial charge is 0.371 e. The van der Waals surface area contributed by atoms with Gasteiger partial charge in [0.2, 0.25) is 0 Å². The molecule has 1 fully saturated rings. The first-order valence-corrected chi connectivity index (χ1v) is 6.45. The Morgan fingerprint density at radius 1 is 1.07 bits per heavy atom. The lowest BCUT2D eigenvalue weighted by atomic mass is 9.84. The maximum absolute atomic E-state index is 6.17. The highest BCUT2D eigenvalue weighted by atomic mass is 16.5. The zero-order chi connectivity index (χ0) is 11.3. The zero-order valence-electron chi connectivity index (χ0n) is 10.8. The van der Waals surface area contributed by atoms with Crippen LogP contribution in [0, 0.1) is 0 Å². The van der Waals surface area contributed by atoms with Crippen LogP contribution in [0.2, 0.25) is 0 Å². The van der Waals surface area contributed by atoms with E-state index in [1.165, 1.54) is 32.1 Å². The fourth-order valence-corrected chi connectivity index (χ4v) is 2.42. The average molecular weight is 213 g/mol. The molecule has 0 aliphatic heterocycles. The highest BCUT2D eigenvalue weighted by Crippen LogP contribution is 2.32. The Labute approximate surface area is 94.8 Å². The van der Waals surface area contributed by atoms with Crippen LogP contribution in [-0.4, -0.2) is 24.3 Å². The van der Waals surface area contributed by atoms with E-state index in [9.17, 15) is 0 Å². The van der Waals surface area contributed by atoms with Gasteiger partial charge in [0.25, 0.3) is 0 Å². The molecule has 0 aromatic heterocycles. The summed E-state index contributed by atoms with van der Waals surface area (Å²) in [6.45, 7) is 9.71. The zero-order valence-corrected chi connectivity index (χ0v) is 10.8. The van der Waals surface area contributed by atoms with Crippen LogP contribution in [0.4, 0.5) is 0 Å². The van der Waals surface area contributed by atoms with E-state index < -0.39 is 0 Å². The molecule has 1 aliphatic rings. The topological polar surface area (TPSA) is 21.3 Å². The molecule has 15 heavy (non-hydrogen) atoms. The molecule has 0 radical (unpaired) electrons. The van der Waals surface area contributed by atoms with Gasteiger partial charge in [-0.05, 0) is 26.7 Å². The van der Waals surface area contributed by atoms with E-state index in [2.05, 4.69) is 33.0 Å². The maximum atomic E-state index is 6.17. The molecule has 0 heterocycles. The highest BCUT2D eigenvalue weighted by molar-refractivity contribution is 4.87. The third-order valence-corrected chi connectivity index (χ3v) is 3.08. The van der Waals surface area contributed by atoms with Gasteiger partial charge in [-0.2, -0.15) is 0 Å². The lowest BCUT2D eigenvalue weighted by Crippen LogP contribution is -2.47. The monoisotopic (exact) mass is 213 g/mol. The second-order valence-corrected chi connectivity index (χ2v) is 5.45. The van der Waals surface area contributed by atoms with Gasteiger partial charge >= 0.3 is 0 Å². The van der Waals surface area contributed by atoms with Crippen molar-refractivity contribution in [1.82, 2.24) is 5.32 Å². The minimum absolute atomic E-state index is 0.122. The first-order valence-electron chi connectivity index (χ1n) is 6.45. The standard InChI is InChI=1S/C13H27NO/c1-11(2)14-10-13(15-12(3)4)8-6-5-7-9-13/h11-12,14H,5-10H2,1-4H3. The Morgan fingerprint density at radius 3 is 2.13 bits per heavy atom. The molecular formula is C13H27NO. The summed E-state index contributed by atoms with van der Waals surface area (Å²) < 4.78 is 6.17. The van der Waals surface area contributed by atoms with Gasteiger partial charge in [0.1, 0.15) is 0 Å². The van der Waals surface area contributed by atoms with E-state index in [-0.39, 0.29) is 5.60 Å². The van der Waals surface area contributed by atoms with Crippen LogP contribution >= 0.6 is 0 Å².